The molecule has 0 atom stereocenters. The number of likely N-dealkylation sites (tertiary alicyclic amines) is 1. The van der Waals surface area contributed by atoms with Gasteiger partial charge >= 0.3 is 0 Å². The van der Waals surface area contributed by atoms with Crippen LogP contribution in [-0.2, 0) is 14.3 Å². The van der Waals surface area contributed by atoms with Crippen molar-refractivity contribution in [2.45, 2.75) is 32.3 Å². The van der Waals surface area contributed by atoms with E-state index in [1.165, 1.54) is 0 Å². The molecule has 2 heterocycles. The molecule has 2 amide bonds. The van der Waals surface area contributed by atoms with Gasteiger partial charge in [-0.2, -0.15) is 0 Å². The molecular formula is C14H25N3O3. The summed E-state index contributed by atoms with van der Waals surface area (Å²) in [4.78, 5) is 25.6. The number of carbonyl (C=O) groups is 2. The number of nitrogens with one attached hydrogen (secondary N) is 2. The second-order valence-electron chi connectivity index (χ2n) is 5.89. The lowest BCUT2D eigenvalue weighted by molar-refractivity contribution is -0.148. The normalized spacial score (nSPS) is 22.2. The van der Waals surface area contributed by atoms with E-state index in [-0.39, 0.29) is 29.9 Å². The van der Waals surface area contributed by atoms with Gasteiger partial charge in [0.1, 0.15) is 6.61 Å². The Morgan fingerprint density at radius 2 is 2.00 bits per heavy atom. The summed E-state index contributed by atoms with van der Waals surface area (Å²) < 4.78 is 5.66. The quantitative estimate of drug-likeness (QED) is 0.729. The van der Waals surface area contributed by atoms with Gasteiger partial charge in [0.15, 0.2) is 0 Å². The average molecular weight is 283 g/mol. The van der Waals surface area contributed by atoms with Crippen molar-refractivity contribution in [1.82, 2.24) is 15.5 Å². The summed E-state index contributed by atoms with van der Waals surface area (Å²) in [6.07, 6.45) is 1.49. The molecule has 6 nitrogen and oxygen atoms in total. The average Bonchev–Trinajstić information content (AvgIpc) is 2.43. The number of nitrogens with zero attached hydrogens (tertiary/aromatic N) is 1. The second kappa shape index (κ2) is 6.54. The van der Waals surface area contributed by atoms with Crippen LogP contribution < -0.4 is 10.6 Å². The Morgan fingerprint density at radius 1 is 1.35 bits per heavy atom. The predicted molar refractivity (Wildman–Crippen MR) is 75.2 cm³/mol. The van der Waals surface area contributed by atoms with Gasteiger partial charge in [-0.1, -0.05) is 0 Å². The first-order chi connectivity index (χ1) is 9.54. The maximum Gasteiger partial charge on any atom is 0.248 e. The molecule has 0 saturated carbocycles. The van der Waals surface area contributed by atoms with Gasteiger partial charge in [-0.15, -0.1) is 0 Å². The summed E-state index contributed by atoms with van der Waals surface area (Å²) in [5.74, 6) is 0.199. The molecule has 0 radical (unpaired) electrons. The van der Waals surface area contributed by atoms with Gasteiger partial charge in [-0.3, -0.25) is 9.59 Å². The molecule has 6 heteroatoms. The lowest BCUT2D eigenvalue weighted by Gasteiger charge is -2.39. The molecule has 2 aliphatic rings. The van der Waals surface area contributed by atoms with Gasteiger partial charge in [-0.05, 0) is 26.7 Å². The fraction of sp³-hybridized carbons (Fsp3) is 0.857. The molecule has 0 unspecified atom stereocenters. The Labute approximate surface area is 120 Å². The first kappa shape index (κ1) is 15.3. The van der Waals surface area contributed by atoms with Crippen LogP contribution in [0.25, 0.3) is 0 Å². The van der Waals surface area contributed by atoms with Gasteiger partial charge < -0.3 is 20.3 Å². The third-order valence-electron chi connectivity index (χ3n) is 4.11. The van der Waals surface area contributed by atoms with E-state index in [9.17, 15) is 9.59 Å². The Bertz CT molecular complexity index is 361. The van der Waals surface area contributed by atoms with Crippen LogP contribution in [0.15, 0.2) is 0 Å². The first-order valence-electron chi connectivity index (χ1n) is 7.44. The number of hydrogen-bond acceptors (Lipinski definition) is 4. The minimum absolute atomic E-state index is 0.0347. The summed E-state index contributed by atoms with van der Waals surface area (Å²) in [6, 6.07) is 0. The van der Waals surface area contributed by atoms with Crippen molar-refractivity contribution in [1.29, 1.82) is 0 Å². The smallest absolute Gasteiger partial charge is 0.248 e. The molecule has 2 rings (SSSR count). The van der Waals surface area contributed by atoms with Crippen molar-refractivity contribution < 1.29 is 14.3 Å². The molecule has 0 aromatic carbocycles. The van der Waals surface area contributed by atoms with Crippen molar-refractivity contribution >= 4 is 11.8 Å². The molecule has 2 aliphatic heterocycles. The predicted octanol–water partition coefficient (Wildman–Crippen LogP) is -0.260. The maximum atomic E-state index is 12.1. The Morgan fingerprint density at radius 3 is 2.50 bits per heavy atom. The van der Waals surface area contributed by atoms with Gasteiger partial charge in [0, 0.05) is 38.6 Å². The number of rotatable bonds is 5. The minimum Gasteiger partial charge on any atom is -0.363 e. The van der Waals surface area contributed by atoms with E-state index in [1.54, 1.807) is 0 Å². The van der Waals surface area contributed by atoms with Crippen LogP contribution >= 0.6 is 0 Å². The van der Waals surface area contributed by atoms with Gasteiger partial charge in [0.25, 0.3) is 0 Å². The van der Waals surface area contributed by atoms with Gasteiger partial charge in [-0.25, -0.2) is 0 Å². The zero-order valence-corrected chi connectivity index (χ0v) is 12.4. The van der Waals surface area contributed by atoms with Crippen molar-refractivity contribution in [3.63, 3.8) is 0 Å². The molecule has 0 aromatic heterocycles. The zero-order valence-electron chi connectivity index (χ0n) is 12.4. The third kappa shape index (κ3) is 3.70. The molecule has 0 bridgehead atoms. The Hall–Kier alpha value is -1.14. The van der Waals surface area contributed by atoms with Crippen LogP contribution in [0.4, 0.5) is 0 Å². The highest BCUT2D eigenvalue weighted by molar-refractivity contribution is 5.80. The van der Waals surface area contributed by atoms with E-state index in [0.717, 1.165) is 25.9 Å². The molecule has 20 heavy (non-hydrogen) atoms. The van der Waals surface area contributed by atoms with Gasteiger partial charge in [0.05, 0.1) is 5.60 Å². The molecule has 0 aliphatic carbocycles. The first-order valence-corrected chi connectivity index (χ1v) is 7.44. The van der Waals surface area contributed by atoms with Crippen LogP contribution in [0.5, 0.6) is 0 Å². The lowest BCUT2D eigenvalue weighted by Crippen LogP contribution is -2.60. The molecule has 0 aromatic rings. The van der Waals surface area contributed by atoms with Crippen LogP contribution in [-0.4, -0.2) is 61.6 Å². The molecule has 114 valence electrons. The van der Waals surface area contributed by atoms with Crippen molar-refractivity contribution in [3.05, 3.63) is 0 Å². The summed E-state index contributed by atoms with van der Waals surface area (Å²) >= 11 is 0. The van der Waals surface area contributed by atoms with Crippen molar-refractivity contribution in [3.8, 4) is 0 Å². The Kier molecular flexibility index (Phi) is 4.99. The Balaban J connectivity index is 1.70. The molecule has 2 N–H and O–H groups in total. The number of amides is 2. The summed E-state index contributed by atoms with van der Waals surface area (Å²) in [7, 11) is 0. The van der Waals surface area contributed by atoms with Crippen LogP contribution in [0.1, 0.15) is 26.7 Å². The van der Waals surface area contributed by atoms with E-state index in [0.29, 0.717) is 19.6 Å². The monoisotopic (exact) mass is 283 g/mol. The molecule has 2 fully saturated rings. The fourth-order valence-electron chi connectivity index (χ4n) is 2.62. The van der Waals surface area contributed by atoms with E-state index >= 15 is 0 Å². The SMILES string of the molecule is CCNC(=O)C1CCN(C(=O)COC2(C)CNC2)CC1. The van der Waals surface area contributed by atoms with Crippen LogP contribution in [0, 0.1) is 5.92 Å². The number of carbonyl (C=O) groups excluding carboxylic acids is 2. The lowest BCUT2D eigenvalue weighted by atomic mass is 9.96. The minimum atomic E-state index is -0.186. The second-order valence-corrected chi connectivity index (χ2v) is 5.89. The standard InChI is InChI=1S/C14H25N3O3/c1-3-16-13(19)11-4-6-17(7-5-11)12(18)8-20-14(2)9-15-10-14/h11,15H,3-10H2,1-2H3,(H,16,19). The van der Waals surface area contributed by atoms with Crippen LogP contribution in [0.3, 0.4) is 0 Å². The topological polar surface area (TPSA) is 70.7 Å². The highest BCUT2D eigenvalue weighted by atomic mass is 16.5. The van der Waals surface area contributed by atoms with E-state index < -0.39 is 0 Å². The van der Waals surface area contributed by atoms with E-state index in [1.807, 2.05) is 18.7 Å². The molecule has 0 spiro atoms. The van der Waals surface area contributed by atoms with Crippen molar-refractivity contribution in [2.24, 2.45) is 5.92 Å². The number of ether oxygens (including phenoxy) is 1. The molecular weight excluding hydrogens is 258 g/mol. The maximum absolute atomic E-state index is 12.1. The van der Waals surface area contributed by atoms with Crippen LogP contribution in [0.2, 0.25) is 0 Å². The summed E-state index contributed by atoms with van der Waals surface area (Å²) in [6.45, 7) is 7.65. The number of piperidine rings is 1. The highest BCUT2D eigenvalue weighted by Gasteiger charge is 2.34. The summed E-state index contributed by atoms with van der Waals surface area (Å²) in [5, 5.41) is 5.99. The molecule has 2 saturated heterocycles. The third-order valence-corrected chi connectivity index (χ3v) is 4.11. The van der Waals surface area contributed by atoms with Crippen molar-refractivity contribution in [2.75, 3.05) is 39.3 Å². The van der Waals surface area contributed by atoms with E-state index in [2.05, 4.69) is 10.6 Å². The summed E-state index contributed by atoms with van der Waals surface area (Å²) in [5.41, 5.74) is -0.186. The fourth-order valence-corrected chi connectivity index (χ4v) is 2.62. The van der Waals surface area contributed by atoms with E-state index in [4.69, 9.17) is 4.74 Å². The number of hydrogen-bond donors (Lipinski definition) is 2. The largest absolute Gasteiger partial charge is 0.363 e. The highest BCUT2D eigenvalue weighted by Crippen LogP contribution is 2.19. The van der Waals surface area contributed by atoms with Gasteiger partial charge in [0.2, 0.25) is 11.8 Å². The zero-order chi connectivity index (χ0) is 14.6.